The van der Waals surface area contributed by atoms with Gasteiger partial charge in [0.15, 0.2) is 0 Å². The Hall–Kier alpha value is -0.880. The second-order valence-electron chi connectivity index (χ2n) is 7.21. The topological polar surface area (TPSA) is 50.8 Å². The summed E-state index contributed by atoms with van der Waals surface area (Å²) >= 11 is 0. The smallest absolute Gasteiger partial charge is 0.413 e. The molecule has 2 rings (SSSR count). The average molecular weight is 302 g/mol. The molecule has 1 saturated carbocycles. The van der Waals surface area contributed by atoms with Crippen LogP contribution in [0.15, 0.2) is 0 Å². The third-order valence-corrected chi connectivity index (χ3v) is 4.12. The van der Waals surface area contributed by atoms with Gasteiger partial charge in [-0.05, 0) is 45.4 Å². The van der Waals surface area contributed by atoms with Crippen molar-refractivity contribution in [3.05, 3.63) is 0 Å². The van der Waals surface area contributed by atoms with Crippen molar-refractivity contribution in [3.63, 3.8) is 0 Å². The third kappa shape index (κ3) is 4.54. The maximum absolute atomic E-state index is 13.9. The fourth-order valence-electron chi connectivity index (χ4n) is 2.92. The highest BCUT2D eigenvalue weighted by atomic mass is 19.1. The van der Waals surface area contributed by atoms with Crippen molar-refractivity contribution in [2.45, 2.75) is 58.4 Å². The van der Waals surface area contributed by atoms with E-state index in [9.17, 15) is 9.18 Å². The minimum atomic E-state index is -0.784. The van der Waals surface area contributed by atoms with Gasteiger partial charge in [0.05, 0.1) is 13.3 Å². The van der Waals surface area contributed by atoms with Gasteiger partial charge in [0, 0.05) is 6.04 Å². The molecule has 1 heterocycles. The number of alkyl halides is 1. The van der Waals surface area contributed by atoms with Crippen LogP contribution in [-0.4, -0.2) is 48.8 Å². The molecule has 1 saturated heterocycles. The van der Waals surface area contributed by atoms with E-state index in [1.807, 2.05) is 27.7 Å². The van der Waals surface area contributed by atoms with Crippen molar-refractivity contribution in [1.29, 1.82) is 0 Å². The molecule has 6 heteroatoms. The average Bonchev–Trinajstić information content (AvgIpc) is 2.32. The van der Waals surface area contributed by atoms with E-state index in [2.05, 4.69) is 5.32 Å². The Kier molecular flexibility index (Phi) is 5.09. The Labute approximate surface area is 126 Å². The second-order valence-corrected chi connectivity index (χ2v) is 7.21. The largest absolute Gasteiger partial charge is 0.444 e. The maximum atomic E-state index is 13.9. The Balaban J connectivity index is 1.92. The lowest BCUT2D eigenvalue weighted by Crippen LogP contribution is -2.54. The first kappa shape index (κ1) is 16.5. The van der Waals surface area contributed by atoms with E-state index in [0.29, 0.717) is 25.6 Å². The fourth-order valence-corrected chi connectivity index (χ4v) is 2.92. The summed E-state index contributed by atoms with van der Waals surface area (Å²) in [6, 6.07) is 0.0569. The van der Waals surface area contributed by atoms with Crippen molar-refractivity contribution in [1.82, 2.24) is 10.2 Å². The molecule has 1 aliphatic heterocycles. The number of amides is 1. The van der Waals surface area contributed by atoms with E-state index in [4.69, 9.17) is 9.47 Å². The van der Waals surface area contributed by atoms with E-state index in [1.165, 1.54) is 4.90 Å². The van der Waals surface area contributed by atoms with Gasteiger partial charge in [-0.2, -0.15) is 0 Å². The normalized spacial score (nSPS) is 34.6. The lowest BCUT2D eigenvalue weighted by molar-refractivity contribution is -0.0529. The first-order valence-electron chi connectivity index (χ1n) is 7.69. The predicted octanol–water partition coefficient (Wildman–Crippen LogP) is 2.51. The van der Waals surface area contributed by atoms with Crippen molar-refractivity contribution in [3.8, 4) is 0 Å². The van der Waals surface area contributed by atoms with Crippen LogP contribution in [0.3, 0.4) is 0 Å². The van der Waals surface area contributed by atoms with Crippen LogP contribution in [0.1, 0.15) is 40.5 Å². The van der Waals surface area contributed by atoms with Gasteiger partial charge >= 0.3 is 6.09 Å². The van der Waals surface area contributed by atoms with Gasteiger partial charge in [0.25, 0.3) is 0 Å². The summed E-state index contributed by atoms with van der Waals surface area (Å²) in [5.74, 6) is 0.394. The van der Waals surface area contributed by atoms with Crippen LogP contribution in [0.5, 0.6) is 0 Å². The molecule has 1 amide bonds. The molecule has 4 atom stereocenters. The minimum absolute atomic E-state index is 0.0569. The number of hydrogen-bond donors (Lipinski definition) is 1. The summed E-state index contributed by atoms with van der Waals surface area (Å²) in [6.07, 6.45) is 0.116. The third-order valence-electron chi connectivity index (χ3n) is 4.12. The molecule has 0 aromatic rings. The van der Waals surface area contributed by atoms with Crippen LogP contribution in [0.4, 0.5) is 9.18 Å². The summed E-state index contributed by atoms with van der Waals surface area (Å²) in [7, 11) is 0. The van der Waals surface area contributed by atoms with Gasteiger partial charge in [0.1, 0.15) is 18.5 Å². The molecule has 0 bridgehead atoms. The molecule has 5 nitrogen and oxygen atoms in total. The zero-order valence-electron chi connectivity index (χ0n) is 13.4. The van der Waals surface area contributed by atoms with Gasteiger partial charge in [-0.1, -0.05) is 6.92 Å². The highest BCUT2D eigenvalue weighted by molar-refractivity contribution is 5.67. The molecule has 0 radical (unpaired) electrons. The lowest BCUT2D eigenvalue weighted by atomic mass is 9.78. The Morgan fingerprint density at radius 2 is 2.10 bits per heavy atom. The lowest BCUT2D eigenvalue weighted by Gasteiger charge is -2.40. The number of ether oxygens (including phenoxy) is 2. The molecule has 1 aliphatic carbocycles. The number of carbonyl (C=O) groups is 1. The van der Waals surface area contributed by atoms with Crippen molar-refractivity contribution in [2.24, 2.45) is 11.8 Å². The molecular formula is C15H27FN2O3. The van der Waals surface area contributed by atoms with E-state index < -0.39 is 17.9 Å². The van der Waals surface area contributed by atoms with E-state index in [1.54, 1.807) is 0 Å². The molecule has 1 N–H and O–H groups in total. The first-order valence-corrected chi connectivity index (χ1v) is 7.69. The monoisotopic (exact) mass is 302 g/mol. The first-order chi connectivity index (χ1) is 9.76. The predicted molar refractivity (Wildman–Crippen MR) is 77.5 cm³/mol. The molecule has 2 fully saturated rings. The summed E-state index contributed by atoms with van der Waals surface area (Å²) in [5, 5.41) is 3.30. The number of carbonyl (C=O) groups excluding carboxylic acids is 1. The second kappa shape index (κ2) is 6.48. The molecular weight excluding hydrogens is 275 g/mol. The van der Waals surface area contributed by atoms with Gasteiger partial charge in [0.2, 0.25) is 0 Å². The van der Waals surface area contributed by atoms with Crippen LogP contribution < -0.4 is 5.32 Å². The van der Waals surface area contributed by atoms with Gasteiger partial charge < -0.3 is 9.47 Å². The molecule has 21 heavy (non-hydrogen) atoms. The summed E-state index contributed by atoms with van der Waals surface area (Å²) in [4.78, 5) is 13.5. The number of halogens is 1. The van der Waals surface area contributed by atoms with Crippen LogP contribution in [-0.2, 0) is 9.47 Å². The Morgan fingerprint density at radius 3 is 2.76 bits per heavy atom. The number of fused-ring (bicyclic) bond motifs is 1. The number of rotatable bonds is 0. The molecule has 122 valence electrons. The highest BCUT2D eigenvalue weighted by Crippen LogP contribution is 2.32. The molecule has 2 aliphatic rings. The Bertz CT molecular complexity index is 372. The van der Waals surface area contributed by atoms with Crippen molar-refractivity contribution >= 4 is 6.09 Å². The standard InChI is InChI=1S/C15H27FN2O3/c1-10-5-11-7-20-9-18(14(19)21-15(2,3)4)8-17-13(11)6-12(10)16/h10-13,17H,5-9H2,1-4H3. The zero-order chi connectivity index (χ0) is 15.6. The van der Waals surface area contributed by atoms with Crippen LogP contribution in [0.25, 0.3) is 0 Å². The van der Waals surface area contributed by atoms with Crippen LogP contribution >= 0.6 is 0 Å². The summed E-state index contributed by atoms with van der Waals surface area (Å²) in [5.41, 5.74) is -0.535. The van der Waals surface area contributed by atoms with E-state index >= 15 is 0 Å². The SMILES string of the molecule is CC1CC2COCN(C(=O)OC(C)(C)C)CNC2CC1F. The van der Waals surface area contributed by atoms with E-state index in [0.717, 1.165) is 6.42 Å². The quantitative estimate of drug-likeness (QED) is 0.747. The molecule has 0 spiro atoms. The molecule has 0 aromatic carbocycles. The minimum Gasteiger partial charge on any atom is -0.444 e. The van der Waals surface area contributed by atoms with Crippen molar-refractivity contribution in [2.75, 3.05) is 20.0 Å². The highest BCUT2D eigenvalue weighted by Gasteiger charge is 2.37. The van der Waals surface area contributed by atoms with Crippen molar-refractivity contribution < 1.29 is 18.7 Å². The molecule has 4 unspecified atom stereocenters. The maximum Gasteiger partial charge on any atom is 0.413 e. The number of nitrogens with one attached hydrogen (secondary N) is 1. The number of nitrogens with zero attached hydrogens (tertiary/aromatic N) is 1. The van der Waals surface area contributed by atoms with Gasteiger partial charge in [-0.25, -0.2) is 9.18 Å². The van der Waals surface area contributed by atoms with Gasteiger partial charge in [-0.3, -0.25) is 10.2 Å². The van der Waals surface area contributed by atoms with Crippen LogP contribution in [0.2, 0.25) is 0 Å². The van der Waals surface area contributed by atoms with Crippen LogP contribution in [0, 0.1) is 11.8 Å². The van der Waals surface area contributed by atoms with E-state index in [-0.39, 0.29) is 18.7 Å². The summed E-state index contributed by atoms with van der Waals surface area (Å²) < 4.78 is 24.9. The van der Waals surface area contributed by atoms with Gasteiger partial charge in [-0.15, -0.1) is 0 Å². The molecule has 0 aromatic heterocycles. The zero-order valence-corrected chi connectivity index (χ0v) is 13.4. The number of hydrogen-bond acceptors (Lipinski definition) is 4. The Morgan fingerprint density at radius 1 is 1.38 bits per heavy atom. The fraction of sp³-hybridized carbons (Fsp3) is 0.933. The summed E-state index contributed by atoms with van der Waals surface area (Å²) in [6.45, 7) is 8.52.